The molecule has 0 saturated carbocycles. The summed E-state index contributed by atoms with van der Waals surface area (Å²) in [5, 5.41) is 10.0. The molecule has 0 N–H and O–H groups in total. The predicted molar refractivity (Wildman–Crippen MR) is 214 cm³/mol. The van der Waals surface area contributed by atoms with Gasteiger partial charge in [-0.2, -0.15) is 0 Å². The molecule has 50 heavy (non-hydrogen) atoms. The zero-order valence-electron chi connectivity index (χ0n) is 28.8. The fourth-order valence-corrected chi connectivity index (χ4v) is 8.90. The van der Waals surface area contributed by atoms with E-state index in [4.69, 9.17) is 4.42 Å². The van der Waals surface area contributed by atoms with E-state index in [1.165, 1.54) is 98.7 Å². The predicted octanol–water partition coefficient (Wildman–Crippen LogP) is 14.0. The highest BCUT2D eigenvalue weighted by Crippen LogP contribution is 2.53. The van der Waals surface area contributed by atoms with Crippen LogP contribution in [0.2, 0.25) is 0 Å². The lowest BCUT2D eigenvalue weighted by Crippen LogP contribution is -2.14. The van der Waals surface area contributed by atoms with Crippen molar-refractivity contribution in [3.63, 3.8) is 0 Å². The van der Waals surface area contributed by atoms with E-state index in [0.29, 0.717) is 0 Å². The average molecular weight is 641 g/mol. The number of fused-ring (bicyclic) bond motifs is 10. The van der Waals surface area contributed by atoms with Gasteiger partial charge in [0, 0.05) is 16.2 Å². The Hall–Kier alpha value is -5.92. The van der Waals surface area contributed by atoms with E-state index in [9.17, 15) is 0 Å². The van der Waals surface area contributed by atoms with Gasteiger partial charge in [-0.25, -0.2) is 0 Å². The van der Waals surface area contributed by atoms with E-state index in [1.807, 2.05) is 6.07 Å². The third-order valence-corrected chi connectivity index (χ3v) is 11.3. The van der Waals surface area contributed by atoms with Gasteiger partial charge in [-0.15, -0.1) is 0 Å². The minimum absolute atomic E-state index is 0.135. The second-order valence-corrected chi connectivity index (χ2v) is 14.5. The van der Waals surface area contributed by atoms with Gasteiger partial charge in [0.2, 0.25) is 0 Å². The number of rotatable bonds is 3. The smallest absolute Gasteiger partial charge is 0.136 e. The van der Waals surface area contributed by atoms with Crippen molar-refractivity contribution in [1.82, 2.24) is 0 Å². The van der Waals surface area contributed by atoms with Crippen LogP contribution in [0.4, 0.5) is 0 Å². The maximum Gasteiger partial charge on any atom is 0.136 e. The SMILES string of the molecule is C/C=C\c1ccc(-c2c3ccccc3c(-c3ccc4c(c3)-c3cc5ccc6oc7ccccc7c6c5cc3C4(C)C)c3ccccc23)cc1C. The molecule has 1 aliphatic carbocycles. The number of benzene rings is 8. The van der Waals surface area contributed by atoms with Crippen molar-refractivity contribution >= 4 is 60.3 Å². The first kappa shape index (κ1) is 29.0. The topological polar surface area (TPSA) is 13.1 Å². The van der Waals surface area contributed by atoms with Gasteiger partial charge in [0.15, 0.2) is 0 Å². The number of allylic oxidation sites excluding steroid dienone is 1. The molecule has 1 heteroatoms. The Morgan fingerprint density at radius 1 is 0.520 bits per heavy atom. The zero-order chi connectivity index (χ0) is 33.7. The second-order valence-electron chi connectivity index (χ2n) is 14.5. The number of aryl methyl sites for hydroxylation is 1. The fourth-order valence-electron chi connectivity index (χ4n) is 8.90. The van der Waals surface area contributed by atoms with E-state index < -0.39 is 0 Å². The number of hydrogen-bond acceptors (Lipinski definition) is 1. The van der Waals surface area contributed by atoms with Crippen molar-refractivity contribution in [3.05, 3.63) is 162 Å². The van der Waals surface area contributed by atoms with Crippen molar-refractivity contribution in [1.29, 1.82) is 0 Å². The monoisotopic (exact) mass is 640 g/mol. The number of para-hydroxylation sites is 1. The van der Waals surface area contributed by atoms with Crippen LogP contribution in [0.25, 0.3) is 93.7 Å². The van der Waals surface area contributed by atoms with Gasteiger partial charge in [0.1, 0.15) is 11.2 Å². The lowest BCUT2D eigenvalue weighted by atomic mass is 9.81. The summed E-state index contributed by atoms with van der Waals surface area (Å²) in [6.45, 7) is 9.04. The van der Waals surface area contributed by atoms with Crippen molar-refractivity contribution in [3.8, 4) is 33.4 Å². The first-order valence-electron chi connectivity index (χ1n) is 17.6. The molecule has 0 bridgehead atoms. The maximum absolute atomic E-state index is 6.28. The van der Waals surface area contributed by atoms with Crippen LogP contribution in [-0.2, 0) is 5.41 Å². The van der Waals surface area contributed by atoms with Crippen LogP contribution >= 0.6 is 0 Å². The molecule has 1 heterocycles. The molecule has 8 aromatic carbocycles. The summed E-state index contributed by atoms with van der Waals surface area (Å²) in [4.78, 5) is 0. The summed E-state index contributed by atoms with van der Waals surface area (Å²) in [5.74, 6) is 0. The highest BCUT2D eigenvalue weighted by molar-refractivity contribution is 6.22. The molecule has 0 radical (unpaired) electrons. The molecule has 0 saturated heterocycles. The molecule has 0 amide bonds. The van der Waals surface area contributed by atoms with E-state index in [2.05, 4.69) is 167 Å². The van der Waals surface area contributed by atoms with E-state index in [-0.39, 0.29) is 5.41 Å². The number of furan rings is 1. The Balaban J connectivity index is 1.22. The van der Waals surface area contributed by atoms with E-state index in [1.54, 1.807) is 0 Å². The van der Waals surface area contributed by atoms with Crippen LogP contribution in [0, 0.1) is 6.92 Å². The molecule has 0 aliphatic heterocycles. The van der Waals surface area contributed by atoms with Gasteiger partial charge in [-0.05, 0) is 132 Å². The Morgan fingerprint density at radius 3 is 1.78 bits per heavy atom. The first-order chi connectivity index (χ1) is 24.4. The Bertz CT molecular complexity index is 2860. The average Bonchev–Trinajstić information content (AvgIpc) is 3.62. The summed E-state index contributed by atoms with van der Waals surface area (Å²) in [6.07, 6.45) is 4.30. The van der Waals surface area contributed by atoms with Crippen LogP contribution in [0.5, 0.6) is 0 Å². The molecule has 1 aromatic heterocycles. The quantitative estimate of drug-likeness (QED) is 0.175. The summed E-state index contributed by atoms with van der Waals surface area (Å²) in [7, 11) is 0. The third-order valence-electron chi connectivity index (χ3n) is 11.3. The molecule has 0 spiro atoms. The van der Waals surface area contributed by atoms with Gasteiger partial charge in [0.25, 0.3) is 0 Å². The lowest BCUT2D eigenvalue weighted by Gasteiger charge is -2.22. The lowest BCUT2D eigenvalue weighted by molar-refractivity contribution is 0.661. The van der Waals surface area contributed by atoms with Crippen molar-refractivity contribution in [2.24, 2.45) is 0 Å². The largest absolute Gasteiger partial charge is 0.456 e. The molecule has 0 atom stereocenters. The molecule has 0 fully saturated rings. The van der Waals surface area contributed by atoms with Crippen molar-refractivity contribution in [2.45, 2.75) is 33.1 Å². The normalized spacial score (nSPS) is 13.7. The van der Waals surface area contributed by atoms with Crippen molar-refractivity contribution in [2.75, 3.05) is 0 Å². The minimum Gasteiger partial charge on any atom is -0.456 e. The maximum atomic E-state index is 6.28. The Labute approximate surface area is 292 Å². The van der Waals surface area contributed by atoms with Crippen LogP contribution in [0.15, 0.2) is 144 Å². The molecule has 238 valence electrons. The van der Waals surface area contributed by atoms with Crippen molar-refractivity contribution < 1.29 is 4.42 Å². The standard InChI is InChI=1S/C49H36O/c1-5-12-30-19-20-32(25-29(30)2)46-34-13-6-8-15-36(34)47(37-16-9-7-14-35(37)46)33-21-23-42-40(27-33)41-26-31-22-24-45-48(38-17-10-11-18-44(38)50-45)39(31)28-43(41)49(42,3)4/h5-28H,1-4H3/b12-5-. The molecule has 10 rings (SSSR count). The van der Waals surface area contributed by atoms with Crippen LogP contribution in [-0.4, -0.2) is 0 Å². The van der Waals surface area contributed by atoms with Gasteiger partial charge < -0.3 is 4.42 Å². The van der Waals surface area contributed by atoms with Crippen LogP contribution in [0.3, 0.4) is 0 Å². The fraction of sp³-hybridized carbons (Fsp3) is 0.102. The van der Waals surface area contributed by atoms with Gasteiger partial charge in [-0.1, -0.05) is 129 Å². The molecule has 1 nitrogen and oxygen atoms in total. The zero-order valence-corrected chi connectivity index (χ0v) is 28.8. The van der Waals surface area contributed by atoms with Gasteiger partial charge >= 0.3 is 0 Å². The summed E-state index contributed by atoms with van der Waals surface area (Å²) < 4.78 is 6.28. The highest BCUT2D eigenvalue weighted by Gasteiger charge is 2.36. The molecule has 9 aromatic rings. The Morgan fingerprint density at radius 2 is 1.12 bits per heavy atom. The summed E-state index contributed by atoms with van der Waals surface area (Å²) in [5.41, 5.74) is 14.8. The van der Waals surface area contributed by atoms with Gasteiger partial charge in [-0.3, -0.25) is 0 Å². The Kier molecular flexibility index (Phi) is 6.12. The van der Waals surface area contributed by atoms with Crippen LogP contribution in [0.1, 0.15) is 43.0 Å². The second kappa shape index (κ2) is 10.5. The summed E-state index contributed by atoms with van der Waals surface area (Å²) >= 11 is 0. The molecule has 0 unspecified atom stereocenters. The van der Waals surface area contributed by atoms with E-state index in [0.717, 1.165) is 11.2 Å². The number of hydrogen-bond donors (Lipinski definition) is 0. The molecular formula is C49H36O. The van der Waals surface area contributed by atoms with E-state index >= 15 is 0 Å². The molecule has 1 aliphatic rings. The highest BCUT2D eigenvalue weighted by atomic mass is 16.3. The summed E-state index contributed by atoms with van der Waals surface area (Å²) in [6, 6.07) is 49.7. The minimum atomic E-state index is -0.135. The molecular weight excluding hydrogens is 605 g/mol. The van der Waals surface area contributed by atoms with Crippen LogP contribution < -0.4 is 0 Å². The third kappa shape index (κ3) is 4.01. The first-order valence-corrected chi connectivity index (χ1v) is 17.6. The van der Waals surface area contributed by atoms with Gasteiger partial charge in [0.05, 0.1) is 0 Å².